The van der Waals surface area contributed by atoms with E-state index in [-0.39, 0.29) is 36.6 Å². The van der Waals surface area contributed by atoms with Gasteiger partial charge in [0, 0.05) is 63.6 Å². The van der Waals surface area contributed by atoms with Crippen LogP contribution in [0.1, 0.15) is 6.42 Å². The minimum atomic E-state index is 0. The van der Waals surface area contributed by atoms with Gasteiger partial charge >= 0.3 is 0 Å². The Morgan fingerprint density at radius 2 is 1.65 bits per heavy atom. The van der Waals surface area contributed by atoms with Gasteiger partial charge in [0.25, 0.3) is 0 Å². The van der Waals surface area contributed by atoms with Crippen molar-refractivity contribution in [1.29, 1.82) is 0 Å². The predicted molar refractivity (Wildman–Crippen MR) is 111 cm³/mol. The van der Waals surface area contributed by atoms with Crippen LogP contribution in [-0.2, 0) is 9.53 Å². The maximum atomic E-state index is 12.7. The van der Waals surface area contributed by atoms with Gasteiger partial charge < -0.3 is 14.5 Å². The third kappa shape index (κ3) is 5.98. The lowest BCUT2D eigenvalue weighted by Crippen LogP contribution is -2.49. The minimum Gasteiger partial charge on any atom is -0.383 e. The molecule has 0 aromatic heterocycles. The van der Waals surface area contributed by atoms with Crippen LogP contribution in [0.25, 0.3) is 0 Å². The first kappa shape index (κ1) is 23.5. The Labute approximate surface area is 173 Å². The molecule has 2 aliphatic rings. The third-order valence-corrected chi connectivity index (χ3v) is 5.26. The lowest BCUT2D eigenvalue weighted by molar-refractivity contribution is -0.121. The van der Waals surface area contributed by atoms with Crippen LogP contribution >= 0.6 is 36.4 Å². The van der Waals surface area contributed by atoms with Crippen molar-refractivity contribution in [2.24, 2.45) is 5.92 Å². The average molecular weight is 425 g/mol. The molecule has 0 saturated carbocycles. The zero-order valence-corrected chi connectivity index (χ0v) is 17.5. The number of hydrogen-bond donors (Lipinski definition) is 0. The number of amides is 1. The summed E-state index contributed by atoms with van der Waals surface area (Å²) < 4.78 is 5.14. The molecule has 0 unspecified atom stereocenters. The number of carbonyl (C=O) groups is 1. The van der Waals surface area contributed by atoms with Gasteiger partial charge in [0.05, 0.1) is 12.5 Å². The topological polar surface area (TPSA) is 36.0 Å². The molecule has 0 N–H and O–H groups in total. The van der Waals surface area contributed by atoms with Crippen LogP contribution in [0.3, 0.4) is 0 Å². The number of anilines is 1. The fourth-order valence-corrected chi connectivity index (χ4v) is 3.64. The molecule has 0 bridgehead atoms. The molecule has 1 aromatic rings. The monoisotopic (exact) mass is 423 g/mol. The zero-order chi connectivity index (χ0) is 16.9. The highest BCUT2D eigenvalue weighted by Crippen LogP contribution is 2.27. The molecule has 1 atom stereocenters. The molecule has 0 radical (unpaired) electrons. The van der Waals surface area contributed by atoms with Crippen molar-refractivity contribution < 1.29 is 9.53 Å². The fourth-order valence-electron chi connectivity index (χ4n) is 3.51. The molecule has 1 aromatic carbocycles. The van der Waals surface area contributed by atoms with Crippen molar-refractivity contribution in [2.75, 3.05) is 64.4 Å². The maximum absolute atomic E-state index is 12.7. The van der Waals surface area contributed by atoms with Gasteiger partial charge in [-0.2, -0.15) is 0 Å². The van der Waals surface area contributed by atoms with Crippen LogP contribution in [0.4, 0.5) is 5.69 Å². The first-order valence-electron chi connectivity index (χ1n) is 8.68. The first-order chi connectivity index (χ1) is 11.7. The summed E-state index contributed by atoms with van der Waals surface area (Å²) >= 11 is 5.93. The number of ether oxygens (including phenoxy) is 1. The molecule has 148 valence electrons. The molecular formula is C18H28Cl3N3O2. The standard InChI is InChI=1S/C18H26ClN3O2.2ClH/c1-24-13-12-20-8-10-21(11-9-20)14-15-6-7-22(18(15)23)17-4-2-16(19)3-5-17;;/h2-5,15H,6-14H2,1H3;2*1H/t15-;;/m1../s1. The van der Waals surface area contributed by atoms with E-state index in [0.29, 0.717) is 5.02 Å². The number of benzene rings is 1. The molecule has 1 amide bonds. The van der Waals surface area contributed by atoms with Gasteiger partial charge in [-0.15, -0.1) is 24.8 Å². The van der Waals surface area contributed by atoms with E-state index in [9.17, 15) is 4.79 Å². The largest absolute Gasteiger partial charge is 0.383 e. The first-order valence-corrected chi connectivity index (χ1v) is 9.06. The van der Waals surface area contributed by atoms with Gasteiger partial charge in [-0.1, -0.05) is 11.6 Å². The van der Waals surface area contributed by atoms with Gasteiger partial charge in [0.2, 0.25) is 5.91 Å². The van der Waals surface area contributed by atoms with Gasteiger partial charge in [-0.3, -0.25) is 9.69 Å². The van der Waals surface area contributed by atoms with E-state index >= 15 is 0 Å². The Bertz CT molecular complexity index is 551. The Hall–Kier alpha value is -0.560. The summed E-state index contributed by atoms with van der Waals surface area (Å²) in [4.78, 5) is 19.5. The smallest absolute Gasteiger partial charge is 0.231 e. The number of rotatable bonds is 6. The third-order valence-electron chi connectivity index (χ3n) is 5.01. The SMILES string of the molecule is COCCN1CCN(C[C@H]2CCN(c3ccc(Cl)cc3)C2=O)CC1.Cl.Cl. The van der Waals surface area contributed by atoms with Crippen LogP contribution in [0.5, 0.6) is 0 Å². The number of methoxy groups -OCH3 is 1. The highest BCUT2D eigenvalue weighted by atomic mass is 35.5. The molecule has 2 heterocycles. The molecule has 2 fully saturated rings. The van der Waals surface area contributed by atoms with Gasteiger partial charge in [-0.25, -0.2) is 0 Å². The summed E-state index contributed by atoms with van der Waals surface area (Å²) in [7, 11) is 1.74. The van der Waals surface area contributed by atoms with E-state index in [2.05, 4.69) is 9.80 Å². The van der Waals surface area contributed by atoms with Crippen LogP contribution in [-0.4, -0.2) is 75.2 Å². The summed E-state index contributed by atoms with van der Waals surface area (Å²) in [5.41, 5.74) is 0.955. The Morgan fingerprint density at radius 1 is 1.04 bits per heavy atom. The normalized spacial score (nSPS) is 21.4. The number of hydrogen-bond acceptors (Lipinski definition) is 4. The molecule has 0 spiro atoms. The highest BCUT2D eigenvalue weighted by molar-refractivity contribution is 6.30. The van der Waals surface area contributed by atoms with Crippen LogP contribution in [0.2, 0.25) is 5.02 Å². The van der Waals surface area contributed by atoms with Gasteiger partial charge in [-0.05, 0) is 30.7 Å². The van der Waals surface area contributed by atoms with E-state index in [1.165, 1.54) is 0 Å². The predicted octanol–water partition coefficient (Wildman–Crippen LogP) is 2.80. The van der Waals surface area contributed by atoms with Crippen molar-refractivity contribution >= 4 is 48.0 Å². The Kier molecular flexibility index (Phi) is 10.2. The summed E-state index contributed by atoms with van der Waals surface area (Å²) in [5, 5.41) is 0.702. The lowest BCUT2D eigenvalue weighted by Gasteiger charge is -2.35. The summed E-state index contributed by atoms with van der Waals surface area (Å²) in [6.07, 6.45) is 0.936. The highest BCUT2D eigenvalue weighted by Gasteiger charge is 2.34. The molecular weight excluding hydrogens is 397 g/mol. The average Bonchev–Trinajstić information content (AvgIpc) is 2.96. The minimum absolute atomic E-state index is 0. The molecule has 5 nitrogen and oxygen atoms in total. The van der Waals surface area contributed by atoms with Crippen molar-refractivity contribution in [3.8, 4) is 0 Å². The molecule has 3 rings (SSSR count). The van der Waals surface area contributed by atoms with E-state index in [1.807, 2.05) is 29.2 Å². The second kappa shape index (κ2) is 11.3. The van der Waals surface area contributed by atoms with Crippen molar-refractivity contribution in [3.63, 3.8) is 0 Å². The number of piperazine rings is 1. The number of nitrogens with zero attached hydrogens (tertiary/aromatic N) is 3. The van der Waals surface area contributed by atoms with Crippen molar-refractivity contribution in [3.05, 3.63) is 29.3 Å². The lowest BCUT2D eigenvalue weighted by atomic mass is 10.1. The van der Waals surface area contributed by atoms with E-state index in [4.69, 9.17) is 16.3 Å². The second-order valence-electron chi connectivity index (χ2n) is 6.59. The zero-order valence-electron chi connectivity index (χ0n) is 15.1. The van der Waals surface area contributed by atoms with E-state index < -0.39 is 0 Å². The molecule has 2 saturated heterocycles. The number of carbonyl (C=O) groups excluding carboxylic acids is 1. The van der Waals surface area contributed by atoms with Crippen molar-refractivity contribution in [1.82, 2.24) is 9.80 Å². The van der Waals surface area contributed by atoms with Crippen LogP contribution in [0, 0.1) is 5.92 Å². The Balaban J connectivity index is 0.00000169. The maximum Gasteiger partial charge on any atom is 0.231 e. The van der Waals surface area contributed by atoms with Crippen LogP contribution in [0.15, 0.2) is 24.3 Å². The summed E-state index contributed by atoms with van der Waals surface area (Å²) in [5.74, 6) is 0.366. The fraction of sp³-hybridized carbons (Fsp3) is 0.611. The Morgan fingerprint density at radius 3 is 2.27 bits per heavy atom. The molecule has 2 aliphatic heterocycles. The van der Waals surface area contributed by atoms with Gasteiger partial charge in [0.15, 0.2) is 0 Å². The van der Waals surface area contributed by atoms with Crippen LogP contribution < -0.4 is 4.90 Å². The quantitative estimate of drug-likeness (QED) is 0.703. The summed E-state index contributed by atoms with van der Waals surface area (Å²) in [6, 6.07) is 7.54. The second-order valence-corrected chi connectivity index (χ2v) is 7.02. The number of halogens is 3. The van der Waals surface area contributed by atoms with Gasteiger partial charge in [0.1, 0.15) is 0 Å². The molecule has 8 heteroatoms. The molecule has 0 aliphatic carbocycles. The van der Waals surface area contributed by atoms with E-state index in [1.54, 1.807) is 7.11 Å². The summed E-state index contributed by atoms with van der Waals surface area (Å²) in [6.45, 7) is 7.66. The van der Waals surface area contributed by atoms with E-state index in [0.717, 1.165) is 64.5 Å². The van der Waals surface area contributed by atoms with Crippen molar-refractivity contribution in [2.45, 2.75) is 6.42 Å². The molecule has 26 heavy (non-hydrogen) atoms.